The summed E-state index contributed by atoms with van der Waals surface area (Å²) in [5.74, 6) is -0.404. The number of hydrogen-bond donors (Lipinski definition) is 1. The average molecular weight is 372 g/mol. The second-order valence-electron chi connectivity index (χ2n) is 4.53. The predicted octanol–water partition coefficient (Wildman–Crippen LogP) is 4.36. The highest BCUT2D eigenvalue weighted by Crippen LogP contribution is 2.29. The van der Waals surface area contributed by atoms with Crippen molar-refractivity contribution in [1.29, 1.82) is 5.26 Å². The van der Waals surface area contributed by atoms with Gasteiger partial charge in [-0.05, 0) is 30.3 Å². The van der Waals surface area contributed by atoms with Crippen molar-refractivity contribution in [1.82, 2.24) is 4.98 Å². The molecule has 4 nitrogen and oxygen atoms in total. The van der Waals surface area contributed by atoms with Crippen LogP contribution in [0.5, 0.6) is 0 Å². The first-order valence-corrected chi connectivity index (χ1v) is 7.81. The van der Waals surface area contributed by atoms with Crippen LogP contribution in [0.25, 0.3) is 0 Å². The quantitative estimate of drug-likeness (QED) is 0.811. The van der Waals surface area contributed by atoms with E-state index in [1.165, 1.54) is 24.3 Å². The number of halogens is 4. The van der Waals surface area contributed by atoms with Gasteiger partial charge in [-0.1, -0.05) is 23.4 Å². The maximum absolute atomic E-state index is 12.4. The van der Waals surface area contributed by atoms with Gasteiger partial charge in [-0.25, -0.2) is 4.98 Å². The van der Waals surface area contributed by atoms with Gasteiger partial charge in [0.2, 0.25) is 5.91 Å². The topological polar surface area (TPSA) is 65.8 Å². The molecule has 0 unspecified atom stereocenters. The number of hydrogen-bond acceptors (Lipinski definition) is 4. The maximum atomic E-state index is 12.4. The molecule has 0 atom stereocenters. The Balaban J connectivity index is 1.91. The number of nitriles is 1. The van der Waals surface area contributed by atoms with Crippen LogP contribution in [0, 0.1) is 11.3 Å². The predicted molar refractivity (Wildman–Crippen MR) is 84.8 cm³/mol. The third-order valence-corrected chi connectivity index (χ3v) is 4.04. The van der Waals surface area contributed by atoms with Gasteiger partial charge in [0, 0.05) is 11.9 Å². The number of nitrogens with one attached hydrogen (secondary N) is 1. The number of aromatic nitrogens is 1. The lowest BCUT2D eigenvalue weighted by Gasteiger charge is -2.07. The van der Waals surface area contributed by atoms with E-state index >= 15 is 0 Å². The lowest BCUT2D eigenvalue weighted by atomic mass is 10.2. The van der Waals surface area contributed by atoms with E-state index in [-0.39, 0.29) is 22.2 Å². The Morgan fingerprint density at radius 3 is 2.62 bits per heavy atom. The third kappa shape index (κ3) is 4.88. The molecule has 0 radical (unpaired) electrons. The van der Waals surface area contributed by atoms with E-state index in [1.54, 1.807) is 0 Å². The molecular formula is C15H9ClF3N3OS. The standard InChI is InChI=1S/C15H9ClF3N3OS/c16-12-5-11(3-1-9(12)6-20)22-13(23)8-24-14-4-2-10(7-21-14)15(17,18)19/h1-5,7H,8H2,(H,22,23). The molecule has 9 heteroatoms. The van der Waals surface area contributed by atoms with Gasteiger partial charge in [-0.3, -0.25) is 4.79 Å². The number of benzene rings is 1. The van der Waals surface area contributed by atoms with Gasteiger partial charge in [-0.2, -0.15) is 18.4 Å². The Hall–Kier alpha value is -2.24. The summed E-state index contributed by atoms with van der Waals surface area (Å²) in [6.07, 6.45) is -3.72. The zero-order valence-electron chi connectivity index (χ0n) is 11.9. The Bertz CT molecular complexity index is 788. The van der Waals surface area contributed by atoms with Crippen molar-refractivity contribution in [2.75, 3.05) is 11.1 Å². The van der Waals surface area contributed by atoms with Crippen molar-refractivity contribution in [3.63, 3.8) is 0 Å². The second-order valence-corrected chi connectivity index (χ2v) is 5.93. The molecule has 0 bridgehead atoms. The van der Waals surface area contributed by atoms with Crippen molar-refractivity contribution in [3.05, 3.63) is 52.7 Å². The molecule has 124 valence electrons. The number of nitrogens with zero attached hydrogens (tertiary/aromatic N) is 2. The molecule has 0 saturated carbocycles. The van der Waals surface area contributed by atoms with E-state index in [2.05, 4.69) is 10.3 Å². The van der Waals surface area contributed by atoms with Gasteiger partial charge >= 0.3 is 6.18 Å². The fourth-order valence-corrected chi connectivity index (χ4v) is 2.52. The molecule has 24 heavy (non-hydrogen) atoms. The average Bonchev–Trinajstić information content (AvgIpc) is 2.53. The molecule has 1 aromatic carbocycles. The minimum Gasteiger partial charge on any atom is -0.325 e. The molecule has 0 saturated heterocycles. The summed E-state index contributed by atoms with van der Waals surface area (Å²) in [5.41, 5.74) is -0.133. The van der Waals surface area contributed by atoms with Crippen molar-refractivity contribution in [3.8, 4) is 6.07 Å². The molecule has 0 aliphatic rings. The Labute approximate surface area is 144 Å². The summed E-state index contributed by atoms with van der Waals surface area (Å²) >= 11 is 6.86. The van der Waals surface area contributed by atoms with Crippen LogP contribution in [0.3, 0.4) is 0 Å². The lowest BCUT2D eigenvalue weighted by Crippen LogP contribution is -2.14. The Kier molecular flexibility index (Phi) is 5.70. The molecule has 1 amide bonds. The van der Waals surface area contributed by atoms with Crippen LogP contribution >= 0.6 is 23.4 Å². The summed E-state index contributed by atoms with van der Waals surface area (Å²) in [4.78, 5) is 15.5. The highest BCUT2D eigenvalue weighted by Gasteiger charge is 2.30. The van der Waals surface area contributed by atoms with E-state index in [0.29, 0.717) is 10.7 Å². The second kappa shape index (κ2) is 7.55. The minimum atomic E-state index is -4.44. The van der Waals surface area contributed by atoms with Crippen molar-refractivity contribution < 1.29 is 18.0 Å². The Morgan fingerprint density at radius 1 is 1.33 bits per heavy atom. The number of thioether (sulfide) groups is 1. The van der Waals surface area contributed by atoms with Gasteiger partial charge in [-0.15, -0.1) is 0 Å². The zero-order valence-corrected chi connectivity index (χ0v) is 13.5. The molecule has 0 fully saturated rings. The van der Waals surface area contributed by atoms with Gasteiger partial charge < -0.3 is 5.32 Å². The van der Waals surface area contributed by atoms with Crippen LogP contribution in [-0.4, -0.2) is 16.6 Å². The molecule has 0 aliphatic heterocycles. The van der Waals surface area contributed by atoms with Gasteiger partial charge in [0.1, 0.15) is 6.07 Å². The number of rotatable bonds is 4. The van der Waals surface area contributed by atoms with Crippen LogP contribution < -0.4 is 5.32 Å². The lowest BCUT2D eigenvalue weighted by molar-refractivity contribution is -0.137. The van der Waals surface area contributed by atoms with E-state index < -0.39 is 11.7 Å². The maximum Gasteiger partial charge on any atom is 0.417 e. The fourth-order valence-electron chi connectivity index (χ4n) is 1.65. The molecule has 2 rings (SSSR count). The number of anilines is 1. The first kappa shape index (κ1) is 18.1. The van der Waals surface area contributed by atoms with Crippen LogP contribution in [0.4, 0.5) is 18.9 Å². The van der Waals surface area contributed by atoms with Gasteiger partial charge in [0.15, 0.2) is 0 Å². The zero-order chi connectivity index (χ0) is 17.7. The molecule has 0 aliphatic carbocycles. The van der Waals surface area contributed by atoms with Crippen molar-refractivity contribution >= 4 is 35.0 Å². The molecule has 1 heterocycles. The number of carbonyl (C=O) groups excluding carboxylic acids is 1. The Morgan fingerprint density at radius 2 is 2.08 bits per heavy atom. The summed E-state index contributed by atoms with van der Waals surface area (Å²) < 4.78 is 37.3. The first-order chi connectivity index (χ1) is 11.3. The van der Waals surface area contributed by atoms with E-state index in [4.69, 9.17) is 16.9 Å². The summed E-state index contributed by atoms with van der Waals surface area (Å²) in [6.45, 7) is 0. The van der Waals surface area contributed by atoms with Gasteiger partial charge in [0.05, 0.1) is 26.9 Å². The van der Waals surface area contributed by atoms with E-state index in [9.17, 15) is 18.0 Å². The monoisotopic (exact) mass is 371 g/mol. The third-order valence-electron chi connectivity index (χ3n) is 2.79. The number of alkyl halides is 3. The molecule has 1 aromatic heterocycles. The van der Waals surface area contributed by atoms with E-state index in [1.807, 2.05) is 6.07 Å². The van der Waals surface area contributed by atoms with Crippen LogP contribution in [0.15, 0.2) is 41.6 Å². The molecule has 0 spiro atoms. The fraction of sp³-hybridized carbons (Fsp3) is 0.133. The summed E-state index contributed by atoms with van der Waals surface area (Å²) in [5, 5.41) is 11.9. The SMILES string of the molecule is N#Cc1ccc(NC(=O)CSc2ccc(C(F)(F)F)cn2)cc1Cl. The normalized spacial score (nSPS) is 11.0. The minimum absolute atomic E-state index is 0.0318. The van der Waals surface area contributed by atoms with Crippen molar-refractivity contribution in [2.45, 2.75) is 11.2 Å². The number of pyridine rings is 1. The van der Waals surface area contributed by atoms with Crippen LogP contribution in [-0.2, 0) is 11.0 Å². The smallest absolute Gasteiger partial charge is 0.325 e. The molecule has 2 aromatic rings. The largest absolute Gasteiger partial charge is 0.417 e. The van der Waals surface area contributed by atoms with Crippen molar-refractivity contribution in [2.24, 2.45) is 0 Å². The molecular weight excluding hydrogens is 363 g/mol. The van der Waals surface area contributed by atoms with Crippen LogP contribution in [0.2, 0.25) is 5.02 Å². The highest BCUT2D eigenvalue weighted by molar-refractivity contribution is 7.99. The first-order valence-electron chi connectivity index (χ1n) is 6.45. The number of amides is 1. The molecule has 1 N–H and O–H groups in total. The van der Waals surface area contributed by atoms with Crippen LogP contribution in [0.1, 0.15) is 11.1 Å². The van der Waals surface area contributed by atoms with E-state index in [0.717, 1.165) is 24.0 Å². The summed E-state index contributed by atoms with van der Waals surface area (Å²) in [6, 6.07) is 8.47. The van der Waals surface area contributed by atoms with Gasteiger partial charge in [0.25, 0.3) is 0 Å². The number of carbonyl (C=O) groups is 1. The summed E-state index contributed by atoms with van der Waals surface area (Å²) in [7, 11) is 0. The highest BCUT2D eigenvalue weighted by atomic mass is 35.5.